The topological polar surface area (TPSA) is 74.6 Å². The van der Waals surface area contributed by atoms with Crippen molar-refractivity contribution in [2.45, 2.75) is 51.6 Å². The minimum Gasteiger partial charge on any atom is -0.475 e. The average molecular weight is 240 g/mol. The van der Waals surface area contributed by atoms with Gasteiger partial charge in [0.2, 0.25) is 5.78 Å². The Bertz CT molecular complexity index is 356. The van der Waals surface area contributed by atoms with Crippen molar-refractivity contribution < 1.29 is 19.8 Å². The molecule has 0 saturated heterocycles. The molecule has 2 aliphatic rings. The second-order valence-corrected chi connectivity index (χ2v) is 6.41. The van der Waals surface area contributed by atoms with Crippen LogP contribution in [-0.2, 0) is 9.59 Å². The van der Waals surface area contributed by atoms with E-state index in [1.807, 2.05) is 0 Å². The van der Waals surface area contributed by atoms with Crippen LogP contribution < -0.4 is 0 Å². The molecular weight excluding hydrogens is 220 g/mol. The minimum atomic E-state index is -1.35. The Morgan fingerprint density at radius 3 is 2.47 bits per heavy atom. The van der Waals surface area contributed by atoms with Gasteiger partial charge in [-0.3, -0.25) is 4.79 Å². The highest BCUT2D eigenvalue weighted by Crippen LogP contribution is 2.54. The largest absolute Gasteiger partial charge is 0.475 e. The summed E-state index contributed by atoms with van der Waals surface area (Å²) in [7, 11) is 0. The predicted octanol–water partition coefficient (Wildman–Crippen LogP) is 1.61. The smallest absolute Gasteiger partial charge is 0.372 e. The van der Waals surface area contributed by atoms with Crippen LogP contribution in [0.3, 0.4) is 0 Å². The zero-order chi connectivity index (χ0) is 12.8. The van der Waals surface area contributed by atoms with E-state index in [0.29, 0.717) is 31.6 Å². The standard InChI is InChI=1S/C13H20O4/c1-8-3-9-5-12(2,17)7-13(4-8,6-9)10(14)11(15)16/h8-9,17H,3-7H2,1-2H3,(H,15,16). The maximum Gasteiger partial charge on any atom is 0.372 e. The number of hydrogen-bond donors (Lipinski definition) is 2. The van der Waals surface area contributed by atoms with E-state index in [1.165, 1.54) is 0 Å². The lowest BCUT2D eigenvalue weighted by Crippen LogP contribution is -2.52. The second kappa shape index (κ2) is 3.80. The molecule has 4 atom stereocenters. The van der Waals surface area contributed by atoms with Gasteiger partial charge in [0, 0.05) is 5.41 Å². The van der Waals surface area contributed by atoms with Crippen molar-refractivity contribution >= 4 is 11.8 Å². The number of carboxylic acids is 1. The summed E-state index contributed by atoms with van der Waals surface area (Å²) >= 11 is 0. The summed E-state index contributed by atoms with van der Waals surface area (Å²) in [5, 5.41) is 19.2. The Morgan fingerprint density at radius 2 is 1.88 bits per heavy atom. The number of carboxylic acid groups (broad SMARTS) is 1. The van der Waals surface area contributed by atoms with Crippen LogP contribution in [0, 0.1) is 17.3 Å². The van der Waals surface area contributed by atoms with Crippen molar-refractivity contribution in [3.63, 3.8) is 0 Å². The highest BCUT2D eigenvalue weighted by atomic mass is 16.4. The van der Waals surface area contributed by atoms with Crippen molar-refractivity contribution in [3.05, 3.63) is 0 Å². The van der Waals surface area contributed by atoms with Gasteiger partial charge in [-0.25, -0.2) is 4.79 Å². The lowest BCUT2D eigenvalue weighted by atomic mass is 9.54. The summed E-state index contributed by atoms with van der Waals surface area (Å²) in [5.41, 5.74) is -1.72. The van der Waals surface area contributed by atoms with E-state index in [-0.39, 0.29) is 5.92 Å². The van der Waals surface area contributed by atoms with Crippen LogP contribution in [0.2, 0.25) is 0 Å². The zero-order valence-corrected chi connectivity index (χ0v) is 10.4. The molecule has 2 N–H and O–H groups in total. The Balaban J connectivity index is 2.34. The number of ketones is 1. The quantitative estimate of drug-likeness (QED) is 0.719. The molecule has 4 heteroatoms. The molecular formula is C13H20O4. The highest BCUT2D eigenvalue weighted by Gasteiger charge is 2.54. The van der Waals surface area contributed by atoms with Gasteiger partial charge in [0.15, 0.2) is 0 Å². The zero-order valence-electron chi connectivity index (χ0n) is 10.4. The predicted molar refractivity (Wildman–Crippen MR) is 61.4 cm³/mol. The first-order valence-corrected chi connectivity index (χ1v) is 6.24. The van der Waals surface area contributed by atoms with Crippen LogP contribution in [0.4, 0.5) is 0 Å². The molecule has 4 nitrogen and oxygen atoms in total. The molecule has 0 aromatic rings. The Morgan fingerprint density at radius 1 is 1.24 bits per heavy atom. The van der Waals surface area contributed by atoms with Crippen LogP contribution >= 0.6 is 0 Å². The monoisotopic (exact) mass is 240 g/mol. The molecule has 0 radical (unpaired) electrons. The molecule has 0 heterocycles. The van der Waals surface area contributed by atoms with Crippen LogP contribution in [0.5, 0.6) is 0 Å². The van der Waals surface area contributed by atoms with E-state index in [0.717, 1.165) is 6.42 Å². The second-order valence-electron chi connectivity index (χ2n) is 6.41. The molecule has 0 aromatic heterocycles. The average Bonchev–Trinajstić information content (AvgIpc) is 2.11. The Labute approximate surface area is 101 Å². The van der Waals surface area contributed by atoms with Crippen LogP contribution in [0.1, 0.15) is 46.0 Å². The number of hydrogen-bond acceptors (Lipinski definition) is 3. The summed E-state index contributed by atoms with van der Waals surface area (Å²) in [5.74, 6) is -1.40. The van der Waals surface area contributed by atoms with Crippen molar-refractivity contribution in [1.82, 2.24) is 0 Å². The molecule has 2 saturated carbocycles. The van der Waals surface area contributed by atoms with E-state index >= 15 is 0 Å². The molecule has 4 unspecified atom stereocenters. The van der Waals surface area contributed by atoms with Gasteiger partial charge in [0.05, 0.1) is 5.60 Å². The van der Waals surface area contributed by atoms with Gasteiger partial charge in [-0.2, -0.15) is 0 Å². The van der Waals surface area contributed by atoms with Gasteiger partial charge in [-0.05, 0) is 50.9 Å². The molecule has 2 rings (SSSR count). The molecule has 2 aliphatic carbocycles. The van der Waals surface area contributed by atoms with Crippen LogP contribution in [0.15, 0.2) is 0 Å². The fourth-order valence-corrected chi connectivity index (χ4v) is 4.25. The van der Waals surface area contributed by atoms with Gasteiger partial charge >= 0.3 is 5.97 Å². The number of fused-ring (bicyclic) bond motifs is 2. The molecule has 2 bridgehead atoms. The summed E-state index contributed by atoms with van der Waals surface area (Å²) in [6.45, 7) is 3.79. The van der Waals surface area contributed by atoms with Gasteiger partial charge in [0.25, 0.3) is 0 Å². The number of aliphatic carboxylic acids is 1. The fourth-order valence-electron chi connectivity index (χ4n) is 4.25. The van der Waals surface area contributed by atoms with Crippen molar-refractivity contribution in [2.24, 2.45) is 17.3 Å². The first-order valence-electron chi connectivity index (χ1n) is 6.24. The van der Waals surface area contributed by atoms with Gasteiger partial charge in [-0.15, -0.1) is 0 Å². The number of rotatable bonds is 2. The molecule has 96 valence electrons. The van der Waals surface area contributed by atoms with E-state index in [2.05, 4.69) is 6.92 Å². The van der Waals surface area contributed by atoms with E-state index in [9.17, 15) is 14.7 Å². The number of aliphatic hydroxyl groups is 1. The lowest BCUT2D eigenvalue weighted by molar-refractivity contribution is -0.164. The van der Waals surface area contributed by atoms with Gasteiger partial charge in [-0.1, -0.05) is 6.92 Å². The minimum absolute atomic E-state index is 0.283. The molecule has 17 heavy (non-hydrogen) atoms. The molecule has 0 aromatic carbocycles. The maximum absolute atomic E-state index is 12.0. The van der Waals surface area contributed by atoms with E-state index in [1.54, 1.807) is 6.92 Å². The normalized spacial score (nSPS) is 45.4. The van der Waals surface area contributed by atoms with Gasteiger partial charge in [0.1, 0.15) is 0 Å². The molecule has 0 amide bonds. The SMILES string of the molecule is CC1CC2CC(C)(O)CC(C(=O)C(=O)O)(C1)C2. The van der Waals surface area contributed by atoms with Crippen molar-refractivity contribution in [3.8, 4) is 0 Å². The highest BCUT2D eigenvalue weighted by molar-refractivity contribution is 6.34. The maximum atomic E-state index is 12.0. The summed E-state index contributed by atoms with van der Waals surface area (Å²) in [4.78, 5) is 22.9. The molecule has 0 aliphatic heterocycles. The third-order valence-electron chi connectivity index (χ3n) is 4.28. The third kappa shape index (κ3) is 2.23. The van der Waals surface area contributed by atoms with Crippen molar-refractivity contribution in [1.29, 1.82) is 0 Å². The lowest BCUT2D eigenvalue weighted by Gasteiger charge is -2.51. The first kappa shape index (κ1) is 12.6. The summed E-state index contributed by atoms with van der Waals surface area (Å²) < 4.78 is 0. The summed E-state index contributed by atoms with van der Waals surface area (Å²) in [6.07, 6.45) is 3.21. The fraction of sp³-hybridized carbons (Fsp3) is 0.846. The Kier molecular flexibility index (Phi) is 2.81. The number of carbonyl (C=O) groups is 2. The van der Waals surface area contributed by atoms with E-state index < -0.39 is 22.8 Å². The third-order valence-corrected chi connectivity index (χ3v) is 4.28. The van der Waals surface area contributed by atoms with E-state index in [4.69, 9.17) is 5.11 Å². The Hall–Kier alpha value is -0.900. The first-order chi connectivity index (χ1) is 7.74. The molecule has 0 spiro atoms. The van der Waals surface area contributed by atoms with Gasteiger partial charge < -0.3 is 10.2 Å². The van der Waals surface area contributed by atoms with Crippen LogP contribution in [0.25, 0.3) is 0 Å². The van der Waals surface area contributed by atoms with Crippen molar-refractivity contribution in [2.75, 3.05) is 0 Å². The van der Waals surface area contributed by atoms with Crippen LogP contribution in [-0.4, -0.2) is 27.6 Å². The number of Topliss-reactive ketones (excluding diaryl/α,β-unsaturated/α-hetero) is 1. The summed E-state index contributed by atoms with van der Waals surface area (Å²) in [6, 6.07) is 0. The molecule has 2 fully saturated rings. The number of carbonyl (C=O) groups excluding carboxylic acids is 1.